The molecule has 1 N–H and O–H groups in total. The van der Waals surface area contributed by atoms with Crippen LogP contribution in [-0.4, -0.2) is 72.0 Å². The van der Waals surface area contributed by atoms with Gasteiger partial charge in [-0.25, -0.2) is 4.79 Å². The number of cyclic esters (lactones) is 2. The lowest BCUT2D eigenvalue weighted by Gasteiger charge is -2.29. The fourth-order valence-corrected chi connectivity index (χ4v) is 4.63. The fourth-order valence-electron chi connectivity index (χ4n) is 4.63. The third kappa shape index (κ3) is 10.6. The lowest BCUT2D eigenvalue weighted by molar-refractivity contribution is -0.176. The predicted molar refractivity (Wildman–Crippen MR) is 174 cm³/mol. The normalized spacial score (nSPS) is 19.4. The van der Waals surface area contributed by atoms with Gasteiger partial charge in [-0.1, -0.05) is 71.9 Å². The Bertz CT molecular complexity index is 1600. The van der Waals surface area contributed by atoms with E-state index in [0.29, 0.717) is 0 Å². The van der Waals surface area contributed by atoms with Crippen LogP contribution in [0, 0.1) is 23.7 Å². The summed E-state index contributed by atoms with van der Waals surface area (Å²) in [7, 11) is 0. The number of esters is 5. The Morgan fingerprint density at radius 2 is 1.48 bits per heavy atom. The van der Waals surface area contributed by atoms with E-state index < -0.39 is 115 Å². The second kappa shape index (κ2) is 18.0. The number of nitrogens with one attached hydrogen (secondary N) is 1. The summed E-state index contributed by atoms with van der Waals surface area (Å²) < 4.78 is 33.6. The maximum absolute atomic E-state index is 13.9. The third-order valence-corrected chi connectivity index (χ3v) is 7.51. The van der Waals surface area contributed by atoms with Gasteiger partial charge in [-0.15, -0.1) is 0 Å². The number of nitrogens with zero attached hydrogens (tertiary/aromatic N) is 1. The van der Waals surface area contributed by atoms with Crippen LogP contribution in [0.1, 0.15) is 64.5 Å². The second-order valence-corrected chi connectivity index (χ2v) is 12.6. The number of rotatable bonds is 13. The zero-order valence-electron chi connectivity index (χ0n) is 29.2. The van der Waals surface area contributed by atoms with Crippen molar-refractivity contribution in [3.8, 4) is 5.75 Å². The molecule has 1 aromatic heterocycles. The Balaban J connectivity index is 1.96. The summed E-state index contributed by atoms with van der Waals surface area (Å²) in [5.41, 5.74) is -0.556. The van der Waals surface area contributed by atoms with Gasteiger partial charge >= 0.3 is 29.8 Å². The Morgan fingerprint density at radius 3 is 2.10 bits per heavy atom. The molecule has 0 aliphatic carbocycles. The van der Waals surface area contributed by atoms with Crippen molar-refractivity contribution < 1.29 is 57.2 Å². The minimum Gasteiger partial charge on any atom is -0.463 e. The molecule has 1 saturated heterocycles. The van der Waals surface area contributed by atoms with Crippen LogP contribution in [0.3, 0.4) is 0 Å². The van der Waals surface area contributed by atoms with Crippen molar-refractivity contribution in [2.24, 2.45) is 23.7 Å². The molecule has 1 amide bonds. The molecule has 2 aromatic rings. The standard InChI is InChI=1S/C35H44N2O13/c1-19(2)31(40)46-17-37-14-13-26(38)29(47-18-48-32(41)20(3)4)27(37)30(39)36-25-16-45-34(43)24(15-23-11-9-8-10-12-23)28(22(7)49-35(25)44)50-33(42)21(5)6/h8-14,19-22,24-25,28H,15-18H2,1-7H3,(H,36,39)/t22?,24?,25?,28-/m0/s1. The summed E-state index contributed by atoms with van der Waals surface area (Å²) in [5.74, 6) is -8.04. The van der Waals surface area contributed by atoms with E-state index in [-0.39, 0.29) is 6.42 Å². The van der Waals surface area contributed by atoms with Crippen LogP contribution in [0.4, 0.5) is 0 Å². The zero-order chi connectivity index (χ0) is 37.1. The average Bonchev–Trinajstić information content (AvgIpc) is 3.10. The van der Waals surface area contributed by atoms with Gasteiger partial charge in [0.15, 0.2) is 30.3 Å². The molecule has 15 nitrogen and oxygen atoms in total. The molecule has 1 aliphatic rings. The number of carbonyl (C=O) groups excluding carboxylic acids is 6. The molecule has 50 heavy (non-hydrogen) atoms. The number of ether oxygens (including phenoxy) is 6. The molecule has 0 saturated carbocycles. The van der Waals surface area contributed by atoms with Crippen LogP contribution in [0.5, 0.6) is 5.75 Å². The minimum absolute atomic E-state index is 0.0854. The van der Waals surface area contributed by atoms with Gasteiger partial charge in [0.05, 0.1) is 17.8 Å². The number of aromatic nitrogens is 1. The Labute approximate surface area is 289 Å². The van der Waals surface area contributed by atoms with E-state index in [2.05, 4.69) is 5.32 Å². The lowest BCUT2D eigenvalue weighted by Crippen LogP contribution is -2.47. The van der Waals surface area contributed by atoms with Crippen LogP contribution in [0.2, 0.25) is 0 Å². The highest BCUT2D eigenvalue weighted by atomic mass is 16.7. The molecule has 3 rings (SSSR count). The molecular weight excluding hydrogens is 656 g/mol. The Kier molecular flexibility index (Phi) is 14.1. The van der Waals surface area contributed by atoms with E-state index in [1.807, 2.05) is 0 Å². The molecule has 0 bridgehead atoms. The van der Waals surface area contributed by atoms with Gasteiger partial charge in [0.2, 0.25) is 12.2 Å². The van der Waals surface area contributed by atoms with Gasteiger partial charge < -0.3 is 38.3 Å². The van der Waals surface area contributed by atoms with E-state index in [4.69, 9.17) is 28.4 Å². The maximum Gasteiger partial charge on any atom is 0.332 e. The summed E-state index contributed by atoms with van der Waals surface area (Å²) in [6.07, 6.45) is -1.14. The van der Waals surface area contributed by atoms with Crippen molar-refractivity contribution in [1.29, 1.82) is 0 Å². The highest BCUT2D eigenvalue weighted by molar-refractivity contribution is 5.98. The van der Waals surface area contributed by atoms with Crippen molar-refractivity contribution >= 4 is 35.8 Å². The van der Waals surface area contributed by atoms with Gasteiger partial charge in [0.25, 0.3) is 5.91 Å². The first-order chi connectivity index (χ1) is 23.6. The molecule has 0 radical (unpaired) electrons. The molecule has 3 unspecified atom stereocenters. The van der Waals surface area contributed by atoms with E-state index in [0.717, 1.165) is 16.2 Å². The smallest absolute Gasteiger partial charge is 0.332 e. The monoisotopic (exact) mass is 700 g/mol. The molecule has 2 heterocycles. The highest BCUT2D eigenvalue weighted by Gasteiger charge is 2.42. The summed E-state index contributed by atoms with van der Waals surface area (Å²) in [4.78, 5) is 90.7. The molecule has 1 fully saturated rings. The second-order valence-electron chi connectivity index (χ2n) is 12.6. The molecule has 1 aliphatic heterocycles. The third-order valence-electron chi connectivity index (χ3n) is 7.51. The first kappa shape index (κ1) is 39.2. The topological polar surface area (TPSA) is 192 Å². The van der Waals surface area contributed by atoms with Gasteiger partial charge in [0.1, 0.15) is 18.6 Å². The van der Waals surface area contributed by atoms with Crippen LogP contribution in [-0.2, 0) is 60.8 Å². The molecule has 1 aromatic carbocycles. The summed E-state index contributed by atoms with van der Waals surface area (Å²) in [5, 5.41) is 2.41. The largest absolute Gasteiger partial charge is 0.463 e. The van der Waals surface area contributed by atoms with Gasteiger partial charge in [-0.05, 0) is 18.9 Å². The summed E-state index contributed by atoms with van der Waals surface area (Å²) in [6.45, 7) is 9.10. The van der Waals surface area contributed by atoms with Crippen molar-refractivity contribution in [2.75, 3.05) is 13.4 Å². The number of amides is 1. The summed E-state index contributed by atoms with van der Waals surface area (Å²) >= 11 is 0. The average molecular weight is 701 g/mol. The maximum atomic E-state index is 13.9. The highest BCUT2D eigenvalue weighted by Crippen LogP contribution is 2.25. The van der Waals surface area contributed by atoms with Crippen molar-refractivity contribution in [3.63, 3.8) is 0 Å². The van der Waals surface area contributed by atoms with Crippen LogP contribution < -0.4 is 15.5 Å². The molecule has 0 spiro atoms. The summed E-state index contributed by atoms with van der Waals surface area (Å²) in [6, 6.07) is 8.35. The Morgan fingerprint density at radius 1 is 0.860 bits per heavy atom. The molecule has 4 atom stereocenters. The lowest BCUT2D eigenvalue weighted by atomic mass is 9.91. The van der Waals surface area contributed by atoms with Crippen LogP contribution in [0.15, 0.2) is 47.4 Å². The fraction of sp³-hybridized carbons (Fsp3) is 0.514. The SMILES string of the molecule is CC(C)C(=O)OCOc1c(C(=O)NC2COC(=O)C(Cc3ccccc3)[C@@H](OC(=O)C(C)C)C(C)OC2=O)n(COC(=O)C(C)C)ccc1=O. The first-order valence-electron chi connectivity index (χ1n) is 16.2. The number of hydrogen-bond acceptors (Lipinski definition) is 13. The van der Waals surface area contributed by atoms with Crippen LogP contribution >= 0.6 is 0 Å². The molecule has 272 valence electrons. The van der Waals surface area contributed by atoms with Crippen molar-refractivity contribution in [2.45, 2.75) is 79.9 Å². The van der Waals surface area contributed by atoms with Crippen molar-refractivity contribution in [1.82, 2.24) is 9.88 Å². The number of hydrogen-bond donors (Lipinski definition) is 1. The van der Waals surface area contributed by atoms with Gasteiger partial charge in [-0.2, -0.15) is 0 Å². The van der Waals surface area contributed by atoms with E-state index >= 15 is 0 Å². The zero-order valence-corrected chi connectivity index (χ0v) is 29.2. The minimum atomic E-state index is -1.61. The molecule has 15 heteroatoms. The number of benzene rings is 1. The Hall–Kier alpha value is -5.21. The molecular formula is C35H44N2O13. The first-order valence-corrected chi connectivity index (χ1v) is 16.2. The van der Waals surface area contributed by atoms with Gasteiger partial charge in [-0.3, -0.25) is 28.8 Å². The van der Waals surface area contributed by atoms with E-state index in [9.17, 15) is 33.6 Å². The number of pyridine rings is 1. The number of carbonyl (C=O) groups is 6. The van der Waals surface area contributed by atoms with Crippen molar-refractivity contribution in [3.05, 3.63) is 64.1 Å². The van der Waals surface area contributed by atoms with Gasteiger partial charge in [0, 0.05) is 12.3 Å². The van der Waals surface area contributed by atoms with E-state index in [1.54, 1.807) is 71.9 Å². The predicted octanol–water partition coefficient (Wildman–Crippen LogP) is 2.55. The van der Waals surface area contributed by atoms with E-state index in [1.165, 1.54) is 13.1 Å². The van der Waals surface area contributed by atoms with Crippen LogP contribution in [0.25, 0.3) is 0 Å². The quantitative estimate of drug-likeness (QED) is 0.182.